The number of aryl methyl sites for hydroxylation is 1. The van der Waals surface area contributed by atoms with Crippen molar-refractivity contribution in [2.45, 2.75) is 46.6 Å². The quantitative estimate of drug-likeness (QED) is 0.630. The zero-order valence-electron chi connectivity index (χ0n) is 17.0. The van der Waals surface area contributed by atoms with E-state index in [1.54, 1.807) is 12.1 Å². The molecule has 3 N–H and O–H groups in total. The Morgan fingerprint density at radius 3 is 2.72 bits per heavy atom. The molecule has 3 aromatic rings. The maximum absolute atomic E-state index is 13.0. The number of aromatic nitrogens is 1. The minimum absolute atomic E-state index is 0.222. The predicted molar refractivity (Wildman–Crippen MR) is 117 cm³/mol. The second-order valence-corrected chi connectivity index (χ2v) is 9.91. The highest BCUT2D eigenvalue weighted by Crippen LogP contribution is 2.40. The van der Waals surface area contributed by atoms with E-state index in [9.17, 15) is 9.18 Å². The zero-order chi connectivity index (χ0) is 20.8. The number of nitrogen functional groups attached to an aromatic ring is 1. The van der Waals surface area contributed by atoms with Crippen molar-refractivity contribution in [3.8, 4) is 0 Å². The Balaban J connectivity index is 1.57. The van der Waals surface area contributed by atoms with Crippen LogP contribution in [0.3, 0.4) is 0 Å². The second-order valence-electron chi connectivity index (χ2n) is 8.91. The normalized spacial score (nSPS) is 16.6. The van der Waals surface area contributed by atoms with Gasteiger partial charge in [-0.1, -0.05) is 32.9 Å². The van der Waals surface area contributed by atoms with Gasteiger partial charge in [0.15, 0.2) is 0 Å². The van der Waals surface area contributed by atoms with Crippen LogP contribution in [0.5, 0.6) is 0 Å². The summed E-state index contributed by atoms with van der Waals surface area (Å²) in [5.41, 5.74) is 10.3. The number of carbonyl (C=O) groups is 1. The molecule has 4 nitrogen and oxygen atoms in total. The maximum Gasteiger partial charge on any atom is 0.263 e. The third-order valence-corrected chi connectivity index (χ3v) is 7.00. The molecule has 0 saturated carbocycles. The van der Waals surface area contributed by atoms with E-state index < -0.39 is 0 Å². The Morgan fingerprint density at radius 2 is 2.03 bits per heavy atom. The summed E-state index contributed by atoms with van der Waals surface area (Å²) in [6.45, 7) is 7.19. The number of nitrogens with one attached hydrogen (secondary N) is 1. The Hall–Kier alpha value is -2.47. The third kappa shape index (κ3) is 3.99. The molecule has 2 heterocycles. The zero-order valence-corrected chi connectivity index (χ0v) is 17.8. The van der Waals surface area contributed by atoms with Gasteiger partial charge in [-0.25, -0.2) is 9.37 Å². The molecule has 1 aromatic carbocycles. The number of hydrogen-bond acceptors (Lipinski definition) is 4. The highest BCUT2D eigenvalue weighted by molar-refractivity contribution is 7.21. The number of halogens is 1. The van der Waals surface area contributed by atoms with Crippen molar-refractivity contribution < 1.29 is 9.18 Å². The van der Waals surface area contributed by atoms with Gasteiger partial charge in [-0.2, -0.15) is 0 Å². The molecule has 0 saturated heterocycles. The molecule has 29 heavy (non-hydrogen) atoms. The summed E-state index contributed by atoms with van der Waals surface area (Å²) < 4.78 is 13.0. The highest BCUT2D eigenvalue weighted by atomic mass is 32.1. The summed E-state index contributed by atoms with van der Waals surface area (Å²) >= 11 is 1.34. The molecule has 1 aliphatic rings. The Bertz CT molecular complexity index is 1070. The van der Waals surface area contributed by atoms with Crippen LogP contribution < -0.4 is 11.1 Å². The minimum Gasteiger partial charge on any atom is -0.397 e. The van der Waals surface area contributed by atoms with Crippen LogP contribution in [0.15, 0.2) is 30.3 Å². The molecule has 1 amide bonds. The van der Waals surface area contributed by atoms with Crippen LogP contribution in [0.1, 0.15) is 53.7 Å². The minimum atomic E-state index is -0.294. The Kier molecular flexibility index (Phi) is 5.07. The van der Waals surface area contributed by atoms with Crippen LogP contribution in [0.25, 0.3) is 10.2 Å². The van der Waals surface area contributed by atoms with Gasteiger partial charge in [0.25, 0.3) is 5.91 Å². The van der Waals surface area contributed by atoms with E-state index in [-0.39, 0.29) is 17.1 Å². The molecule has 1 atom stereocenters. The number of nitrogens with zero attached hydrogens (tertiary/aromatic N) is 1. The molecule has 152 valence electrons. The van der Waals surface area contributed by atoms with Gasteiger partial charge in [-0.15, -0.1) is 11.3 Å². The van der Waals surface area contributed by atoms with Gasteiger partial charge < -0.3 is 11.1 Å². The van der Waals surface area contributed by atoms with Crippen LogP contribution in [-0.4, -0.2) is 10.9 Å². The fourth-order valence-corrected chi connectivity index (χ4v) is 4.98. The summed E-state index contributed by atoms with van der Waals surface area (Å²) in [6, 6.07) is 8.22. The fraction of sp³-hybridized carbons (Fsp3) is 0.391. The summed E-state index contributed by atoms with van der Waals surface area (Å²) in [7, 11) is 0. The molecule has 0 bridgehead atoms. The second kappa shape index (κ2) is 7.41. The summed E-state index contributed by atoms with van der Waals surface area (Å²) in [5.74, 6) is 0.102. The van der Waals surface area contributed by atoms with Gasteiger partial charge in [0, 0.05) is 17.6 Å². The van der Waals surface area contributed by atoms with E-state index in [2.05, 4.69) is 32.2 Å². The lowest BCUT2D eigenvalue weighted by atomic mass is 9.71. The summed E-state index contributed by atoms with van der Waals surface area (Å²) in [6.07, 6.45) is 3.11. The van der Waals surface area contributed by atoms with Gasteiger partial charge >= 0.3 is 0 Å². The van der Waals surface area contributed by atoms with Gasteiger partial charge in [0.2, 0.25) is 0 Å². The van der Waals surface area contributed by atoms with Crippen molar-refractivity contribution in [2.24, 2.45) is 11.3 Å². The number of nitrogens with two attached hydrogens (primary N) is 1. The topological polar surface area (TPSA) is 68.0 Å². The number of thiophene rings is 1. The van der Waals surface area contributed by atoms with Crippen molar-refractivity contribution in [3.05, 3.63) is 57.8 Å². The van der Waals surface area contributed by atoms with Gasteiger partial charge in [0.05, 0.1) is 5.69 Å². The largest absolute Gasteiger partial charge is 0.397 e. The number of benzene rings is 1. The van der Waals surface area contributed by atoms with E-state index in [0.717, 1.165) is 40.7 Å². The van der Waals surface area contributed by atoms with Crippen LogP contribution in [0.4, 0.5) is 10.1 Å². The van der Waals surface area contributed by atoms with Gasteiger partial charge in [0.1, 0.15) is 15.5 Å². The van der Waals surface area contributed by atoms with Crippen molar-refractivity contribution in [2.75, 3.05) is 5.73 Å². The Labute approximate surface area is 174 Å². The van der Waals surface area contributed by atoms with E-state index >= 15 is 0 Å². The number of carbonyl (C=O) groups excluding carboxylic acids is 1. The predicted octanol–water partition coefficient (Wildman–Crippen LogP) is 5.10. The lowest BCUT2D eigenvalue weighted by Crippen LogP contribution is -2.27. The van der Waals surface area contributed by atoms with E-state index in [1.165, 1.54) is 29.0 Å². The Morgan fingerprint density at radius 1 is 1.31 bits per heavy atom. The van der Waals surface area contributed by atoms with E-state index in [1.807, 2.05) is 0 Å². The average Bonchev–Trinajstić information content (AvgIpc) is 3.00. The molecule has 1 aliphatic carbocycles. The standard InChI is InChI=1S/C23H26FN3OS/c1-23(2,3)15-6-9-18-14(10-15)11-17-19(25)20(29-22(17)27-18)21(28)26-12-13-4-7-16(24)8-5-13/h4-5,7-8,11,15H,6,9-10,12,25H2,1-3H3,(H,26,28). The van der Waals surface area contributed by atoms with Crippen molar-refractivity contribution >= 4 is 33.1 Å². The smallest absolute Gasteiger partial charge is 0.263 e. The molecule has 1 unspecified atom stereocenters. The third-order valence-electron chi connectivity index (χ3n) is 5.88. The van der Waals surface area contributed by atoms with Crippen LogP contribution in [-0.2, 0) is 19.4 Å². The number of anilines is 1. The summed E-state index contributed by atoms with van der Waals surface area (Å²) in [5, 5.41) is 3.74. The SMILES string of the molecule is CC(C)(C)C1CCc2nc3sc(C(=O)NCc4ccc(F)cc4)c(N)c3cc2C1. The molecule has 6 heteroatoms. The fourth-order valence-electron chi connectivity index (χ4n) is 3.96. The number of amides is 1. The van der Waals surface area contributed by atoms with Crippen LogP contribution in [0, 0.1) is 17.2 Å². The summed E-state index contributed by atoms with van der Waals surface area (Å²) in [4.78, 5) is 18.9. The van der Waals surface area contributed by atoms with Crippen LogP contribution >= 0.6 is 11.3 Å². The van der Waals surface area contributed by atoms with Crippen molar-refractivity contribution in [1.82, 2.24) is 10.3 Å². The lowest BCUT2D eigenvalue weighted by Gasteiger charge is -2.34. The first kappa shape index (κ1) is 19.8. The molecule has 0 radical (unpaired) electrons. The average molecular weight is 412 g/mol. The first-order chi connectivity index (χ1) is 13.7. The molecule has 0 aliphatic heterocycles. The molecule has 0 spiro atoms. The van der Waals surface area contributed by atoms with Gasteiger partial charge in [-0.05, 0) is 59.9 Å². The first-order valence-corrected chi connectivity index (χ1v) is 10.8. The molecule has 0 fully saturated rings. The van der Waals surface area contributed by atoms with Crippen molar-refractivity contribution in [3.63, 3.8) is 0 Å². The molecule has 4 rings (SSSR count). The molecular formula is C23H26FN3OS. The monoisotopic (exact) mass is 411 g/mol. The first-order valence-electron chi connectivity index (χ1n) is 9.96. The number of rotatable bonds is 3. The highest BCUT2D eigenvalue weighted by Gasteiger charge is 2.30. The number of pyridine rings is 1. The molecule has 2 aromatic heterocycles. The van der Waals surface area contributed by atoms with Crippen LogP contribution in [0.2, 0.25) is 0 Å². The van der Waals surface area contributed by atoms with E-state index in [0.29, 0.717) is 23.0 Å². The lowest BCUT2D eigenvalue weighted by molar-refractivity contribution is 0.0956. The van der Waals surface area contributed by atoms with E-state index in [4.69, 9.17) is 10.7 Å². The molecular weight excluding hydrogens is 385 g/mol. The number of fused-ring (bicyclic) bond motifs is 2. The number of hydrogen-bond donors (Lipinski definition) is 2. The van der Waals surface area contributed by atoms with Crippen molar-refractivity contribution in [1.29, 1.82) is 0 Å². The van der Waals surface area contributed by atoms with Gasteiger partial charge in [-0.3, -0.25) is 4.79 Å². The maximum atomic E-state index is 13.0.